The number of benzene rings is 2. The number of carbonyl (C=O) groups is 2. The molecule has 1 aliphatic heterocycles. The van der Waals surface area contributed by atoms with Gasteiger partial charge in [-0.05, 0) is 60.9 Å². The lowest BCUT2D eigenvalue weighted by molar-refractivity contribution is -0.128. The van der Waals surface area contributed by atoms with E-state index in [1.54, 1.807) is 12.0 Å². The molecule has 5 nitrogen and oxygen atoms in total. The van der Waals surface area contributed by atoms with E-state index in [0.29, 0.717) is 19.5 Å². The van der Waals surface area contributed by atoms with E-state index >= 15 is 0 Å². The third-order valence-corrected chi connectivity index (χ3v) is 6.11. The highest BCUT2D eigenvalue weighted by Gasteiger charge is 2.44. The van der Waals surface area contributed by atoms with Crippen LogP contribution in [-0.4, -0.2) is 41.4 Å². The molecule has 0 saturated carbocycles. The van der Waals surface area contributed by atoms with Crippen LogP contribution in [0.2, 0.25) is 0 Å². The molecule has 1 atom stereocenters. The number of imide groups is 1. The Morgan fingerprint density at radius 2 is 1.72 bits per heavy atom. The Kier molecular flexibility index (Phi) is 7.05. The van der Waals surface area contributed by atoms with E-state index in [-0.39, 0.29) is 11.9 Å². The van der Waals surface area contributed by atoms with Gasteiger partial charge in [-0.2, -0.15) is 0 Å². The van der Waals surface area contributed by atoms with Crippen molar-refractivity contribution in [2.45, 2.75) is 44.7 Å². The van der Waals surface area contributed by atoms with Gasteiger partial charge in [0.05, 0.1) is 13.7 Å². The molecule has 3 amide bonds. The molecule has 0 radical (unpaired) electrons. The molecule has 1 aliphatic carbocycles. The maximum atomic E-state index is 13.3. The number of hydrogen-bond donors (Lipinski definition) is 0. The molecule has 5 heteroatoms. The molecule has 32 heavy (non-hydrogen) atoms. The average Bonchev–Trinajstić information content (AvgIpc) is 3.05. The minimum absolute atomic E-state index is 0.0889. The predicted octanol–water partition coefficient (Wildman–Crippen LogP) is 5.13. The van der Waals surface area contributed by atoms with Gasteiger partial charge in [-0.25, -0.2) is 4.79 Å². The van der Waals surface area contributed by atoms with E-state index in [1.165, 1.54) is 10.5 Å². The molecular weight excluding hydrogens is 400 g/mol. The molecule has 1 saturated heterocycles. The maximum absolute atomic E-state index is 13.3. The first kappa shape index (κ1) is 21.9. The number of rotatable bonds is 9. The minimum atomic E-state index is -0.416. The average molecular weight is 431 g/mol. The summed E-state index contributed by atoms with van der Waals surface area (Å²) in [5.74, 6) is 0.746. The lowest BCUT2D eigenvalue weighted by Gasteiger charge is -2.23. The fourth-order valence-corrected chi connectivity index (χ4v) is 4.34. The van der Waals surface area contributed by atoms with Crippen molar-refractivity contribution >= 4 is 11.9 Å². The van der Waals surface area contributed by atoms with Gasteiger partial charge in [0.25, 0.3) is 5.91 Å². The van der Waals surface area contributed by atoms with E-state index < -0.39 is 6.04 Å². The fourth-order valence-electron chi connectivity index (χ4n) is 4.34. The van der Waals surface area contributed by atoms with Crippen molar-refractivity contribution in [2.75, 3.05) is 13.7 Å². The smallest absolute Gasteiger partial charge is 0.328 e. The van der Waals surface area contributed by atoms with Crippen LogP contribution in [0.1, 0.15) is 36.8 Å². The summed E-state index contributed by atoms with van der Waals surface area (Å²) in [6.07, 6.45) is 10.7. The topological polar surface area (TPSA) is 49.9 Å². The molecule has 0 aromatic heterocycles. The van der Waals surface area contributed by atoms with Gasteiger partial charge < -0.3 is 9.64 Å². The van der Waals surface area contributed by atoms with Gasteiger partial charge in [0, 0.05) is 6.54 Å². The summed E-state index contributed by atoms with van der Waals surface area (Å²) in [7, 11) is 1.66. The fraction of sp³-hybridized carbons (Fsp3) is 0.333. The summed E-state index contributed by atoms with van der Waals surface area (Å²) in [6.45, 7) is 0.804. The largest absolute Gasteiger partial charge is 0.497 e. The first-order valence-corrected chi connectivity index (χ1v) is 11.3. The summed E-state index contributed by atoms with van der Waals surface area (Å²) in [4.78, 5) is 29.8. The molecule has 2 aromatic carbocycles. The number of ether oxygens (including phenoxy) is 1. The molecule has 166 valence electrons. The Hall–Kier alpha value is -3.34. The number of amides is 3. The maximum Gasteiger partial charge on any atom is 0.328 e. The number of carbonyl (C=O) groups excluding carboxylic acids is 2. The Balaban J connectivity index is 1.46. The Morgan fingerprint density at radius 1 is 0.938 bits per heavy atom. The SMILES string of the molecule is COc1ccc(CCCC2C(=O)N(Cc3ccccc3)C(=O)N2CC2=CCCC=C2)cc1. The number of methoxy groups -OCH3 is 1. The van der Waals surface area contributed by atoms with E-state index in [4.69, 9.17) is 4.74 Å². The van der Waals surface area contributed by atoms with Gasteiger partial charge in [0.15, 0.2) is 0 Å². The van der Waals surface area contributed by atoms with Crippen molar-refractivity contribution in [3.63, 3.8) is 0 Å². The molecule has 2 aliphatic rings. The van der Waals surface area contributed by atoms with Gasteiger partial charge >= 0.3 is 6.03 Å². The first-order chi connectivity index (χ1) is 15.7. The molecular formula is C27H30N2O3. The summed E-state index contributed by atoms with van der Waals surface area (Å²) >= 11 is 0. The minimum Gasteiger partial charge on any atom is -0.497 e. The van der Waals surface area contributed by atoms with Gasteiger partial charge in [-0.3, -0.25) is 9.69 Å². The second-order valence-electron chi connectivity index (χ2n) is 8.34. The number of hydrogen-bond acceptors (Lipinski definition) is 3. The van der Waals surface area contributed by atoms with Crippen LogP contribution < -0.4 is 4.74 Å². The van der Waals surface area contributed by atoms with Crippen LogP contribution in [0.5, 0.6) is 5.75 Å². The third kappa shape index (κ3) is 5.10. The zero-order chi connectivity index (χ0) is 22.3. The molecule has 4 rings (SSSR count). The van der Waals surface area contributed by atoms with Crippen LogP contribution in [0.25, 0.3) is 0 Å². The number of urea groups is 1. The first-order valence-electron chi connectivity index (χ1n) is 11.3. The molecule has 1 heterocycles. The van der Waals surface area contributed by atoms with Crippen LogP contribution in [-0.2, 0) is 17.8 Å². The summed E-state index contributed by atoms with van der Waals surface area (Å²) in [5, 5.41) is 0. The molecule has 0 spiro atoms. The van der Waals surface area contributed by atoms with E-state index in [2.05, 4.69) is 30.4 Å². The molecule has 0 N–H and O–H groups in total. The molecule has 1 fully saturated rings. The van der Waals surface area contributed by atoms with Gasteiger partial charge in [-0.15, -0.1) is 0 Å². The Labute approximate surface area is 190 Å². The molecule has 1 unspecified atom stereocenters. The number of nitrogens with zero attached hydrogens (tertiary/aromatic N) is 2. The highest BCUT2D eigenvalue weighted by atomic mass is 16.5. The Morgan fingerprint density at radius 3 is 2.41 bits per heavy atom. The number of allylic oxidation sites excluding steroid dienone is 2. The van der Waals surface area contributed by atoms with Crippen LogP contribution >= 0.6 is 0 Å². The van der Waals surface area contributed by atoms with E-state index in [0.717, 1.165) is 42.6 Å². The normalized spacial score (nSPS) is 18.3. The van der Waals surface area contributed by atoms with Crippen molar-refractivity contribution in [3.8, 4) is 5.75 Å². The summed E-state index contributed by atoms with van der Waals surface area (Å²) < 4.78 is 5.22. The highest BCUT2D eigenvalue weighted by molar-refractivity contribution is 6.04. The van der Waals surface area contributed by atoms with Crippen molar-refractivity contribution in [1.82, 2.24) is 9.80 Å². The van der Waals surface area contributed by atoms with Crippen LogP contribution in [0.3, 0.4) is 0 Å². The van der Waals surface area contributed by atoms with Crippen LogP contribution in [0, 0.1) is 0 Å². The van der Waals surface area contributed by atoms with E-state index in [9.17, 15) is 9.59 Å². The standard InChI is InChI=1S/C27H30N2O3/c1-32-24-17-15-21(16-18-24)13-8-14-25-26(30)29(20-23-11-6-3-7-12-23)27(31)28(25)19-22-9-4-2-5-10-22/h3-4,6-7,9-12,15-18,25H,2,5,8,13-14,19-20H2,1H3. The van der Waals surface area contributed by atoms with Gasteiger partial charge in [0.2, 0.25) is 0 Å². The number of aryl methyl sites for hydroxylation is 1. The molecule has 2 aromatic rings. The van der Waals surface area contributed by atoms with Gasteiger partial charge in [-0.1, -0.05) is 60.7 Å². The van der Waals surface area contributed by atoms with Crippen molar-refractivity contribution < 1.29 is 14.3 Å². The second-order valence-corrected chi connectivity index (χ2v) is 8.34. The predicted molar refractivity (Wildman–Crippen MR) is 125 cm³/mol. The monoisotopic (exact) mass is 430 g/mol. The molecule has 0 bridgehead atoms. The third-order valence-electron chi connectivity index (χ3n) is 6.11. The highest BCUT2D eigenvalue weighted by Crippen LogP contribution is 2.26. The Bertz CT molecular complexity index is 995. The summed E-state index contributed by atoms with van der Waals surface area (Å²) in [6, 6.07) is 17.1. The quantitative estimate of drug-likeness (QED) is 0.519. The van der Waals surface area contributed by atoms with Crippen LogP contribution in [0.4, 0.5) is 4.79 Å². The zero-order valence-electron chi connectivity index (χ0n) is 18.6. The van der Waals surface area contributed by atoms with Crippen molar-refractivity contribution in [3.05, 3.63) is 89.5 Å². The van der Waals surface area contributed by atoms with Gasteiger partial charge in [0.1, 0.15) is 11.8 Å². The van der Waals surface area contributed by atoms with Crippen LogP contribution in [0.15, 0.2) is 78.4 Å². The zero-order valence-corrected chi connectivity index (χ0v) is 18.6. The lowest BCUT2D eigenvalue weighted by Crippen LogP contribution is -2.36. The van der Waals surface area contributed by atoms with Crippen molar-refractivity contribution in [1.29, 1.82) is 0 Å². The van der Waals surface area contributed by atoms with Crippen molar-refractivity contribution in [2.24, 2.45) is 0 Å². The van der Waals surface area contributed by atoms with E-state index in [1.807, 2.05) is 42.5 Å². The summed E-state index contributed by atoms with van der Waals surface area (Å²) in [5.41, 5.74) is 3.28. The second kappa shape index (κ2) is 10.3. The lowest BCUT2D eigenvalue weighted by atomic mass is 10.0.